The van der Waals surface area contributed by atoms with E-state index >= 15 is 0 Å². The Bertz CT molecular complexity index is 75.3. The summed E-state index contributed by atoms with van der Waals surface area (Å²) in [6, 6.07) is -0.833. The number of rotatable bonds is 0. The van der Waals surface area contributed by atoms with Crippen LogP contribution in [0.4, 0.5) is 4.79 Å². The molecule has 0 saturated heterocycles. The number of hydrogen-bond donors (Lipinski definition) is 4. The molecule has 0 aliphatic heterocycles. The minimum atomic E-state index is -1.50. The van der Waals surface area contributed by atoms with Gasteiger partial charge in [-0.15, -0.1) is 10.1 Å². The quantitative estimate of drug-likeness (QED) is 0.191. The van der Waals surface area contributed by atoms with Crippen molar-refractivity contribution in [2.75, 3.05) is 0 Å². The molecule has 0 aromatic carbocycles. The van der Waals surface area contributed by atoms with Gasteiger partial charge in [0.15, 0.2) is 0 Å². The van der Waals surface area contributed by atoms with E-state index < -0.39 is 11.1 Å². The van der Waals surface area contributed by atoms with Crippen LogP contribution in [0.2, 0.25) is 0 Å². The number of carbonyl (C=O) groups is 1. The van der Waals surface area contributed by atoms with Crippen LogP contribution in [-0.2, 0) is 0 Å². The summed E-state index contributed by atoms with van der Waals surface area (Å²) in [7, 11) is 0. The van der Waals surface area contributed by atoms with Gasteiger partial charge in [0.05, 0.1) is 0 Å². The molecule has 0 rings (SSSR count). The first-order valence-electron chi connectivity index (χ1n) is 1.35. The third-order valence-corrected chi connectivity index (χ3v) is 0. The molecule has 8 nitrogen and oxygen atoms in total. The molecule has 10 heavy (non-hydrogen) atoms. The Morgan fingerprint density at radius 2 is 1.50 bits per heavy atom. The third-order valence-electron chi connectivity index (χ3n) is 0. The van der Waals surface area contributed by atoms with Gasteiger partial charge < -0.3 is 22.8 Å². The average Bonchev–Trinajstić information content (AvgIpc) is 1.25. The van der Waals surface area contributed by atoms with Gasteiger partial charge in [-0.1, -0.05) is 0 Å². The summed E-state index contributed by atoms with van der Waals surface area (Å²) in [4.78, 5) is 17.4. The minimum absolute atomic E-state index is 0. The van der Waals surface area contributed by atoms with Crippen molar-refractivity contribution in [1.29, 1.82) is 0 Å². The van der Waals surface area contributed by atoms with Gasteiger partial charge in [0.25, 0.3) is 5.09 Å². The Kier molecular flexibility index (Phi) is 35.9. The molecular formula is CH10CaN4O4. The second-order valence-electron chi connectivity index (χ2n) is 0.640. The van der Waals surface area contributed by atoms with Crippen molar-refractivity contribution >= 4 is 43.8 Å². The van der Waals surface area contributed by atoms with E-state index in [1.807, 2.05) is 0 Å². The molecule has 8 N–H and O–H groups in total. The van der Waals surface area contributed by atoms with Crippen molar-refractivity contribution in [3.63, 3.8) is 0 Å². The van der Waals surface area contributed by atoms with Crippen molar-refractivity contribution in [2.24, 2.45) is 11.5 Å². The molecule has 0 radical (unpaired) electrons. The van der Waals surface area contributed by atoms with Crippen molar-refractivity contribution in [3.8, 4) is 0 Å². The number of primary amides is 2. The molecule has 0 saturated carbocycles. The molecule has 0 aromatic heterocycles. The van der Waals surface area contributed by atoms with E-state index in [9.17, 15) is 0 Å². The van der Waals surface area contributed by atoms with Crippen LogP contribution in [0.15, 0.2) is 0 Å². The summed E-state index contributed by atoms with van der Waals surface area (Å²) in [5.74, 6) is 0. The zero-order valence-electron chi connectivity index (χ0n) is 4.48. The van der Waals surface area contributed by atoms with Crippen LogP contribution in [0.3, 0.4) is 0 Å². The topological polar surface area (TPSA) is 167 Å². The Balaban J connectivity index is -0.0000000300. The molecule has 0 unspecified atom stereocenters. The molecule has 2 amide bonds. The van der Waals surface area contributed by atoms with Crippen LogP contribution in [0.5, 0.6) is 0 Å². The van der Waals surface area contributed by atoms with Crippen LogP contribution in [0, 0.1) is 10.1 Å². The average molecular weight is 182 g/mol. The summed E-state index contributed by atoms with van der Waals surface area (Å²) in [6.07, 6.45) is 0. The molecule has 60 valence electrons. The maximum atomic E-state index is 9.00. The van der Waals surface area contributed by atoms with Crippen molar-refractivity contribution in [1.82, 2.24) is 6.15 Å². The second kappa shape index (κ2) is 15.9. The van der Waals surface area contributed by atoms with Crippen LogP contribution < -0.4 is 17.6 Å². The predicted molar refractivity (Wildman–Crippen MR) is 36.1 cm³/mol. The molecule has 9 heteroatoms. The summed E-state index contributed by atoms with van der Waals surface area (Å²) >= 11 is 0. The molecular weight excluding hydrogens is 172 g/mol. The first-order chi connectivity index (χ1) is 3.46. The zero-order valence-corrected chi connectivity index (χ0v) is 4.48. The van der Waals surface area contributed by atoms with Gasteiger partial charge in [0.1, 0.15) is 0 Å². The standard InChI is InChI=1S/CH4N2O.Ca.HNO3.H3N.2H/c2-1(3)4;;2-1(3)4;;;/h(H4,2,3,4);;(H,2,3,4);1H3;;. The fourth-order valence-electron chi connectivity index (χ4n) is 0. The molecule has 0 aromatic rings. The van der Waals surface area contributed by atoms with Crippen LogP contribution in [0.25, 0.3) is 0 Å². The fraction of sp³-hybridized carbons (Fsp3) is 0. The van der Waals surface area contributed by atoms with E-state index in [0.29, 0.717) is 0 Å². The molecule has 0 aliphatic carbocycles. The number of nitrogens with two attached hydrogens (primary N) is 2. The monoisotopic (exact) mass is 182 g/mol. The normalized spacial score (nSPS) is 4.80. The van der Waals surface area contributed by atoms with Crippen molar-refractivity contribution in [3.05, 3.63) is 10.1 Å². The van der Waals surface area contributed by atoms with E-state index in [0.717, 1.165) is 0 Å². The van der Waals surface area contributed by atoms with Crippen LogP contribution in [-0.4, -0.2) is 54.1 Å². The third kappa shape index (κ3) is 3580. The summed E-state index contributed by atoms with van der Waals surface area (Å²) < 4.78 is 0. The molecule has 0 aliphatic rings. The summed E-state index contributed by atoms with van der Waals surface area (Å²) in [5, 5.41) is 13.6. The van der Waals surface area contributed by atoms with Gasteiger partial charge in [-0.25, -0.2) is 4.79 Å². The number of hydrogen-bond acceptors (Lipinski definition) is 4. The van der Waals surface area contributed by atoms with Gasteiger partial charge in [0.2, 0.25) is 0 Å². The molecule has 0 bridgehead atoms. The van der Waals surface area contributed by atoms with Gasteiger partial charge in [-0.05, 0) is 0 Å². The first-order valence-corrected chi connectivity index (χ1v) is 1.35. The summed E-state index contributed by atoms with van der Waals surface area (Å²) in [6.45, 7) is 0. The maximum absolute atomic E-state index is 9.00. The molecule has 0 heterocycles. The van der Waals surface area contributed by atoms with E-state index in [1.54, 1.807) is 0 Å². The SMILES string of the molecule is N.NC(N)=O.O=[N+]([O-])O.[CaH2]. The predicted octanol–water partition coefficient (Wildman–Crippen LogP) is -2.08. The number of carbonyl (C=O) groups excluding carboxylic acids is 1. The van der Waals surface area contributed by atoms with E-state index in [4.69, 9.17) is 20.1 Å². The van der Waals surface area contributed by atoms with Crippen molar-refractivity contribution < 1.29 is 15.1 Å². The van der Waals surface area contributed by atoms with E-state index in [-0.39, 0.29) is 43.9 Å². The summed E-state index contributed by atoms with van der Waals surface area (Å²) in [5.41, 5.74) is 8.50. The second-order valence-corrected chi connectivity index (χ2v) is 0.640. The van der Waals surface area contributed by atoms with E-state index in [1.165, 1.54) is 0 Å². The molecule has 0 fully saturated rings. The van der Waals surface area contributed by atoms with Crippen molar-refractivity contribution in [2.45, 2.75) is 0 Å². The Labute approximate surface area is 86.2 Å². The van der Waals surface area contributed by atoms with Crippen LogP contribution in [0.1, 0.15) is 0 Å². The fourth-order valence-corrected chi connectivity index (χ4v) is 0. The number of urea groups is 1. The molecule has 0 atom stereocenters. The first kappa shape index (κ1) is 22.6. The van der Waals surface area contributed by atoms with Gasteiger partial charge >= 0.3 is 43.8 Å². The van der Waals surface area contributed by atoms with Gasteiger partial charge in [-0.3, -0.25) is 0 Å². The number of amides is 2. The Morgan fingerprint density at radius 1 is 1.50 bits per heavy atom. The van der Waals surface area contributed by atoms with E-state index in [2.05, 4.69) is 11.5 Å². The van der Waals surface area contributed by atoms with Gasteiger partial charge in [-0.2, -0.15) is 0 Å². The molecule has 0 spiro atoms. The van der Waals surface area contributed by atoms with Gasteiger partial charge in [0, 0.05) is 0 Å². The Morgan fingerprint density at radius 3 is 1.50 bits per heavy atom. The Hall–Kier alpha value is -0.310. The van der Waals surface area contributed by atoms with Crippen LogP contribution >= 0.6 is 0 Å². The number of nitrogens with zero attached hydrogens (tertiary/aromatic N) is 1. The zero-order chi connectivity index (χ0) is 7.15.